The molecule has 0 atom stereocenters. The molecule has 0 aliphatic rings. The van der Waals surface area contributed by atoms with Crippen molar-refractivity contribution >= 4 is 17.5 Å². The lowest BCUT2D eigenvalue weighted by atomic mass is 10.1. The predicted octanol–water partition coefficient (Wildman–Crippen LogP) is 4.00. The highest BCUT2D eigenvalue weighted by atomic mass is 35.5. The number of alkyl halides is 3. The van der Waals surface area contributed by atoms with Gasteiger partial charge in [0.1, 0.15) is 5.82 Å². The van der Waals surface area contributed by atoms with Crippen LogP contribution in [0, 0.1) is 5.82 Å². The van der Waals surface area contributed by atoms with E-state index in [9.17, 15) is 17.6 Å². The van der Waals surface area contributed by atoms with Crippen molar-refractivity contribution in [1.82, 2.24) is 9.97 Å². The molecule has 0 amide bonds. The molecule has 8 heteroatoms. The van der Waals surface area contributed by atoms with Gasteiger partial charge < -0.3 is 5.32 Å². The van der Waals surface area contributed by atoms with Gasteiger partial charge in [-0.25, -0.2) is 14.4 Å². The van der Waals surface area contributed by atoms with Crippen LogP contribution < -0.4 is 5.32 Å². The zero-order valence-electron chi connectivity index (χ0n) is 10.1. The summed E-state index contributed by atoms with van der Waals surface area (Å²) in [5, 5.41) is 2.41. The number of anilines is 1. The van der Waals surface area contributed by atoms with Gasteiger partial charge in [-0.2, -0.15) is 13.2 Å². The molecule has 0 radical (unpaired) electrons. The maximum Gasteiger partial charge on any atom is 0.433 e. The summed E-state index contributed by atoms with van der Waals surface area (Å²) in [4.78, 5) is 7.23. The van der Waals surface area contributed by atoms with E-state index in [1.54, 1.807) is 0 Å². The lowest BCUT2D eigenvalue weighted by Crippen LogP contribution is -2.11. The molecule has 0 fully saturated rings. The van der Waals surface area contributed by atoms with Crippen LogP contribution in [0.15, 0.2) is 24.3 Å². The minimum Gasteiger partial charge on any atom is -0.357 e. The van der Waals surface area contributed by atoms with Crippen molar-refractivity contribution in [3.05, 3.63) is 40.8 Å². The minimum absolute atomic E-state index is 0.0288. The Kier molecular flexibility index (Phi) is 3.80. The number of nitrogens with zero attached hydrogens (tertiary/aromatic N) is 2. The number of nitrogens with one attached hydrogen (secondary N) is 1. The Morgan fingerprint density at radius 1 is 1.15 bits per heavy atom. The van der Waals surface area contributed by atoms with Crippen LogP contribution in [0.25, 0.3) is 11.3 Å². The Morgan fingerprint density at radius 2 is 1.85 bits per heavy atom. The Hall–Kier alpha value is -1.89. The molecule has 2 aromatic rings. The molecule has 0 saturated carbocycles. The van der Waals surface area contributed by atoms with Gasteiger partial charge in [0.25, 0.3) is 0 Å². The summed E-state index contributed by atoms with van der Waals surface area (Å²) in [6.45, 7) is 0. The van der Waals surface area contributed by atoms with Crippen LogP contribution in [0.3, 0.4) is 0 Å². The molecule has 0 aliphatic carbocycles. The third-order valence-electron chi connectivity index (χ3n) is 2.45. The fraction of sp³-hybridized carbons (Fsp3) is 0.167. The Morgan fingerprint density at radius 3 is 2.40 bits per heavy atom. The first kappa shape index (κ1) is 14.5. The Balaban J connectivity index is 2.61. The van der Waals surface area contributed by atoms with Crippen molar-refractivity contribution in [3.63, 3.8) is 0 Å². The fourth-order valence-corrected chi connectivity index (χ4v) is 1.80. The monoisotopic (exact) mass is 305 g/mol. The molecule has 1 N–H and O–H groups in total. The lowest BCUT2D eigenvalue weighted by molar-refractivity contribution is -0.141. The Bertz CT molecular complexity index is 643. The number of halogens is 5. The van der Waals surface area contributed by atoms with Gasteiger partial charge >= 0.3 is 6.18 Å². The van der Waals surface area contributed by atoms with Gasteiger partial charge in [0, 0.05) is 12.6 Å². The topological polar surface area (TPSA) is 37.8 Å². The van der Waals surface area contributed by atoms with Gasteiger partial charge in [-0.05, 0) is 24.3 Å². The SMILES string of the molecule is CNc1nc(-c2ccc(F)cc2Cl)cc(C(F)(F)F)n1. The van der Waals surface area contributed by atoms with Gasteiger partial charge in [0.05, 0.1) is 10.7 Å². The molecule has 0 aliphatic heterocycles. The van der Waals surface area contributed by atoms with E-state index in [0.717, 1.165) is 18.2 Å². The van der Waals surface area contributed by atoms with Crippen LogP contribution in [0.1, 0.15) is 5.69 Å². The third-order valence-corrected chi connectivity index (χ3v) is 2.76. The zero-order valence-corrected chi connectivity index (χ0v) is 10.8. The first-order valence-electron chi connectivity index (χ1n) is 5.40. The van der Waals surface area contributed by atoms with Crippen LogP contribution in [0.2, 0.25) is 5.02 Å². The van der Waals surface area contributed by atoms with E-state index in [1.807, 2.05) is 0 Å². The fourth-order valence-electron chi connectivity index (χ4n) is 1.54. The molecule has 0 bridgehead atoms. The Labute approximate surface area is 116 Å². The van der Waals surface area contributed by atoms with Crippen LogP contribution in [0.4, 0.5) is 23.5 Å². The standard InChI is InChI=1S/C12H8ClF4N3/c1-18-11-19-9(5-10(20-11)12(15,16)17)7-3-2-6(14)4-8(7)13/h2-5H,1H3,(H,18,19,20). The summed E-state index contributed by atoms with van der Waals surface area (Å²) in [6.07, 6.45) is -4.62. The van der Waals surface area contributed by atoms with E-state index in [1.165, 1.54) is 13.1 Å². The zero-order chi connectivity index (χ0) is 14.9. The van der Waals surface area contributed by atoms with Crippen molar-refractivity contribution < 1.29 is 17.6 Å². The molecular weight excluding hydrogens is 298 g/mol. The highest BCUT2D eigenvalue weighted by molar-refractivity contribution is 6.33. The van der Waals surface area contributed by atoms with Crippen LogP contribution in [-0.4, -0.2) is 17.0 Å². The van der Waals surface area contributed by atoms with Crippen molar-refractivity contribution in [3.8, 4) is 11.3 Å². The normalized spacial score (nSPS) is 11.5. The minimum atomic E-state index is -4.62. The summed E-state index contributed by atoms with van der Waals surface area (Å²) < 4.78 is 51.2. The molecule has 3 nitrogen and oxygen atoms in total. The molecule has 0 saturated heterocycles. The molecular formula is C12H8ClF4N3. The molecule has 0 unspecified atom stereocenters. The highest BCUT2D eigenvalue weighted by Crippen LogP contribution is 2.33. The van der Waals surface area contributed by atoms with E-state index in [2.05, 4.69) is 15.3 Å². The molecule has 1 aromatic heterocycles. The van der Waals surface area contributed by atoms with Crippen LogP contribution >= 0.6 is 11.6 Å². The van der Waals surface area contributed by atoms with Gasteiger partial charge in [0.2, 0.25) is 5.95 Å². The van der Waals surface area contributed by atoms with Crippen molar-refractivity contribution in [2.45, 2.75) is 6.18 Å². The van der Waals surface area contributed by atoms with Gasteiger partial charge in [-0.3, -0.25) is 0 Å². The molecule has 0 spiro atoms. The number of rotatable bonds is 2. The summed E-state index contributed by atoms with van der Waals surface area (Å²) in [5.74, 6) is -0.784. The first-order chi connectivity index (χ1) is 9.31. The van der Waals surface area contributed by atoms with Gasteiger partial charge in [-0.1, -0.05) is 11.6 Å². The smallest absolute Gasteiger partial charge is 0.357 e. The quantitative estimate of drug-likeness (QED) is 0.852. The molecule has 1 aromatic carbocycles. The van der Waals surface area contributed by atoms with Gasteiger partial charge in [0.15, 0.2) is 5.69 Å². The predicted molar refractivity (Wildman–Crippen MR) is 67.0 cm³/mol. The maximum absolute atomic E-state index is 13.0. The van der Waals surface area contributed by atoms with E-state index in [-0.39, 0.29) is 22.2 Å². The highest BCUT2D eigenvalue weighted by Gasteiger charge is 2.33. The largest absolute Gasteiger partial charge is 0.433 e. The number of hydrogen-bond donors (Lipinski definition) is 1. The molecule has 2 rings (SSSR count). The van der Waals surface area contributed by atoms with Crippen molar-refractivity contribution in [2.24, 2.45) is 0 Å². The van der Waals surface area contributed by atoms with Crippen LogP contribution in [0.5, 0.6) is 0 Å². The first-order valence-corrected chi connectivity index (χ1v) is 5.78. The van der Waals surface area contributed by atoms with E-state index in [4.69, 9.17) is 11.6 Å². The average Bonchev–Trinajstić information content (AvgIpc) is 2.37. The van der Waals surface area contributed by atoms with Crippen molar-refractivity contribution in [1.29, 1.82) is 0 Å². The van der Waals surface area contributed by atoms with Crippen molar-refractivity contribution in [2.75, 3.05) is 12.4 Å². The summed E-state index contributed by atoms with van der Waals surface area (Å²) in [6, 6.07) is 4.13. The number of benzene rings is 1. The second-order valence-electron chi connectivity index (χ2n) is 3.83. The average molecular weight is 306 g/mol. The lowest BCUT2D eigenvalue weighted by Gasteiger charge is -2.11. The molecule has 1 heterocycles. The van der Waals surface area contributed by atoms with E-state index in [0.29, 0.717) is 0 Å². The number of aromatic nitrogens is 2. The summed E-state index contributed by atoms with van der Waals surface area (Å²) in [5.41, 5.74) is -0.952. The van der Waals surface area contributed by atoms with E-state index < -0.39 is 17.7 Å². The van der Waals surface area contributed by atoms with Crippen LogP contribution in [-0.2, 0) is 6.18 Å². The number of hydrogen-bond acceptors (Lipinski definition) is 3. The molecule has 20 heavy (non-hydrogen) atoms. The third kappa shape index (κ3) is 2.98. The second kappa shape index (κ2) is 5.24. The van der Waals surface area contributed by atoms with Gasteiger partial charge in [-0.15, -0.1) is 0 Å². The van der Waals surface area contributed by atoms with E-state index >= 15 is 0 Å². The summed E-state index contributed by atoms with van der Waals surface area (Å²) >= 11 is 5.82. The molecule has 106 valence electrons. The maximum atomic E-state index is 13.0. The summed E-state index contributed by atoms with van der Waals surface area (Å²) in [7, 11) is 1.39. The second-order valence-corrected chi connectivity index (χ2v) is 4.24.